The van der Waals surface area contributed by atoms with Crippen molar-refractivity contribution in [2.24, 2.45) is 5.10 Å². The summed E-state index contributed by atoms with van der Waals surface area (Å²) in [6.07, 6.45) is 5.74. The van der Waals surface area contributed by atoms with Crippen LogP contribution in [0.3, 0.4) is 0 Å². The van der Waals surface area contributed by atoms with Crippen molar-refractivity contribution < 1.29 is 4.79 Å². The number of nitrogens with zero attached hydrogens (tertiary/aromatic N) is 6. The van der Waals surface area contributed by atoms with Gasteiger partial charge in [0.1, 0.15) is 17.7 Å². The molecule has 0 bridgehead atoms. The van der Waals surface area contributed by atoms with Gasteiger partial charge in [0.15, 0.2) is 5.65 Å². The van der Waals surface area contributed by atoms with Crippen molar-refractivity contribution in [3.63, 3.8) is 0 Å². The van der Waals surface area contributed by atoms with Gasteiger partial charge in [0.25, 0.3) is 11.5 Å². The normalized spacial score (nSPS) is 13.7. The number of aromatic nitrogens is 4. The van der Waals surface area contributed by atoms with E-state index in [1.807, 2.05) is 24.1 Å². The van der Waals surface area contributed by atoms with Gasteiger partial charge in [-0.05, 0) is 30.2 Å². The van der Waals surface area contributed by atoms with E-state index in [9.17, 15) is 9.59 Å². The molecule has 4 rings (SSSR count). The Labute approximate surface area is 172 Å². The predicted molar refractivity (Wildman–Crippen MR) is 113 cm³/mol. The van der Waals surface area contributed by atoms with E-state index >= 15 is 0 Å². The SMILES string of the molecule is CCc1nc2ncc(CN3C=NN(c4ccc(C(=O)NC)nc4)CC3)cc2[nH]c1=O. The maximum atomic E-state index is 12.0. The Hall–Kier alpha value is -3.82. The Balaban J connectivity index is 1.44. The van der Waals surface area contributed by atoms with Crippen LogP contribution in [0.1, 0.15) is 28.7 Å². The molecular formula is C20H22N8O2. The monoisotopic (exact) mass is 406 g/mol. The Morgan fingerprint density at radius 3 is 2.77 bits per heavy atom. The van der Waals surface area contributed by atoms with Gasteiger partial charge >= 0.3 is 0 Å². The molecule has 2 N–H and O–H groups in total. The van der Waals surface area contributed by atoms with E-state index in [0.29, 0.717) is 42.1 Å². The molecule has 0 aromatic carbocycles. The summed E-state index contributed by atoms with van der Waals surface area (Å²) in [5.41, 5.74) is 3.64. The number of hydrogen-bond donors (Lipinski definition) is 2. The summed E-state index contributed by atoms with van der Waals surface area (Å²) in [5.74, 6) is -0.221. The highest BCUT2D eigenvalue weighted by Crippen LogP contribution is 2.17. The molecule has 0 saturated heterocycles. The highest BCUT2D eigenvalue weighted by molar-refractivity contribution is 5.92. The molecule has 154 valence electrons. The lowest BCUT2D eigenvalue weighted by molar-refractivity contribution is 0.0958. The molecule has 0 atom stereocenters. The first-order valence-electron chi connectivity index (χ1n) is 9.69. The fourth-order valence-electron chi connectivity index (χ4n) is 3.21. The number of hydrazone groups is 1. The molecule has 0 spiro atoms. The quantitative estimate of drug-likeness (QED) is 0.646. The second-order valence-electron chi connectivity index (χ2n) is 6.89. The van der Waals surface area contributed by atoms with Crippen LogP contribution < -0.4 is 15.9 Å². The van der Waals surface area contributed by atoms with Crippen molar-refractivity contribution in [1.29, 1.82) is 0 Å². The topological polar surface area (TPSA) is 119 Å². The number of rotatable bonds is 5. The number of anilines is 1. The molecule has 10 nitrogen and oxygen atoms in total. The first-order chi connectivity index (χ1) is 14.6. The second-order valence-corrected chi connectivity index (χ2v) is 6.89. The number of aryl methyl sites for hydroxylation is 1. The van der Waals surface area contributed by atoms with Crippen LogP contribution in [0.15, 0.2) is 40.5 Å². The van der Waals surface area contributed by atoms with E-state index in [-0.39, 0.29) is 11.5 Å². The Morgan fingerprint density at radius 1 is 1.23 bits per heavy atom. The van der Waals surface area contributed by atoms with Gasteiger partial charge in [0, 0.05) is 26.3 Å². The number of fused-ring (bicyclic) bond motifs is 1. The lowest BCUT2D eigenvalue weighted by Crippen LogP contribution is -2.37. The third-order valence-electron chi connectivity index (χ3n) is 4.85. The van der Waals surface area contributed by atoms with Gasteiger partial charge in [-0.15, -0.1) is 0 Å². The minimum absolute atomic E-state index is 0.171. The molecule has 0 radical (unpaired) electrons. The summed E-state index contributed by atoms with van der Waals surface area (Å²) in [4.78, 5) is 41.4. The Morgan fingerprint density at radius 2 is 2.10 bits per heavy atom. The van der Waals surface area contributed by atoms with Crippen LogP contribution >= 0.6 is 0 Å². The van der Waals surface area contributed by atoms with Crippen LogP contribution in [0, 0.1) is 0 Å². The molecule has 4 heterocycles. The van der Waals surface area contributed by atoms with Crippen molar-refractivity contribution in [2.45, 2.75) is 19.9 Å². The minimum Gasteiger partial charge on any atom is -0.355 e. The summed E-state index contributed by atoms with van der Waals surface area (Å²) < 4.78 is 0. The average molecular weight is 406 g/mol. The molecule has 1 aliphatic heterocycles. The van der Waals surface area contributed by atoms with Crippen LogP contribution in [0.4, 0.5) is 5.69 Å². The zero-order valence-corrected chi connectivity index (χ0v) is 16.8. The van der Waals surface area contributed by atoms with E-state index in [4.69, 9.17) is 0 Å². The van der Waals surface area contributed by atoms with Gasteiger partial charge in [-0.25, -0.2) is 15.0 Å². The highest BCUT2D eigenvalue weighted by Gasteiger charge is 2.15. The molecule has 0 saturated carbocycles. The molecule has 0 aliphatic carbocycles. The van der Waals surface area contributed by atoms with Gasteiger partial charge in [-0.1, -0.05) is 6.92 Å². The number of carbonyl (C=O) groups excluding carboxylic acids is 1. The number of amides is 1. The van der Waals surface area contributed by atoms with E-state index < -0.39 is 0 Å². The smallest absolute Gasteiger partial charge is 0.270 e. The summed E-state index contributed by atoms with van der Waals surface area (Å²) in [6, 6.07) is 5.40. The van der Waals surface area contributed by atoms with E-state index in [2.05, 4.69) is 35.3 Å². The van der Waals surface area contributed by atoms with Crippen LogP contribution in [0.2, 0.25) is 0 Å². The van der Waals surface area contributed by atoms with Crippen molar-refractivity contribution in [1.82, 2.24) is 30.2 Å². The summed E-state index contributed by atoms with van der Waals surface area (Å²) in [5, 5.41) is 8.86. The standard InChI is InChI=1S/C20H22N8O2/c1-3-15-20(30)26-17-8-13(9-23-18(17)25-15)11-27-6-7-28(24-12-27)14-4-5-16(22-10-14)19(29)21-2/h4-5,8-10,12H,3,6-7,11H2,1-2H3,(H,21,29)(H,26,30). The summed E-state index contributed by atoms with van der Waals surface area (Å²) in [7, 11) is 1.57. The number of pyridine rings is 2. The largest absolute Gasteiger partial charge is 0.355 e. The zero-order chi connectivity index (χ0) is 21.1. The predicted octanol–water partition coefficient (Wildman–Crippen LogP) is 0.901. The molecule has 3 aromatic heterocycles. The van der Waals surface area contributed by atoms with Crippen LogP contribution in [-0.2, 0) is 13.0 Å². The Bertz CT molecular complexity index is 1160. The Kier molecular flexibility index (Phi) is 5.38. The molecular weight excluding hydrogens is 384 g/mol. The lowest BCUT2D eigenvalue weighted by Gasteiger charge is -2.29. The van der Waals surface area contributed by atoms with Crippen molar-refractivity contribution in [3.05, 3.63) is 57.9 Å². The average Bonchev–Trinajstić information content (AvgIpc) is 2.78. The zero-order valence-electron chi connectivity index (χ0n) is 16.8. The lowest BCUT2D eigenvalue weighted by atomic mass is 10.2. The van der Waals surface area contributed by atoms with Gasteiger partial charge in [-0.3, -0.25) is 14.6 Å². The van der Waals surface area contributed by atoms with Gasteiger partial charge in [0.05, 0.1) is 23.9 Å². The van der Waals surface area contributed by atoms with Crippen LogP contribution in [0.5, 0.6) is 0 Å². The fraction of sp³-hybridized carbons (Fsp3) is 0.300. The van der Waals surface area contributed by atoms with Crippen molar-refractivity contribution >= 4 is 29.1 Å². The van der Waals surface area contributed by atoms with Gasteiger partial charge in [-0.2, -0.15) is 5.10 Å². The first kappa shape index (κ1) is 19.5. The maximum absolute atomic E-state index is 12.0. The maximum Gasteiger partial charge on any atom is 0.270 e. The summed E-state index contributed by atoms with van der Waals surface area (Å²) >= 11 is 0. The highest BCUT2D eigenvalue weighted by atomic mass is 16.1. The molecule has 3 aromatic rings. The van der Waals surface area contributed by atoms with E-state index in [1.165, 1.54) is 0 Å². The van der Waals surface area contributed by atoms with Gasteiger partial charge < -0.3 is 15.2 Å². The summed E-state index contributed by atoms with van der Waals surface area (Å²) in [6.45, 7) is 3.94. The number of aromatic amines is 1. The van der Waals surface area contributed by atoms with Crippen molar-refractivity contribution in [3.8, 4) is 0 Å². The molecule has 0 fully saturated rings. The molecule has 1 aliphatic rings. The molecule has 30 heavy (non-hydrogen) atoms. The first-order valence-corrected chi connectivity index (χ1v) is 9.69. The van der Waals surface area contributed by atoms with E-state index in [1.54, 1.807) is 31.8 Å². The third kappa shape index (κ3) is 3.97. The number of nitrogens with one attached hydrogen (secondary N) is 2. The van der Waals surface area contributed by atoms with E-state index in [0.717, 1.165) is 17.8 Å². The van der Waals surface area contributed by atoms with Crippen LogP contribution in [-0.4, -0.2) is 57.2 Å². The molecule has 10 heteroatoms. The van der Waals surface area contributed by atoms with Crippen LogP contribution in [0.25, 0.3) is 11.2 Å². The number of H-pyrrole nitrogens is 1. The number of hydrogen-bond acceptors (Lipinski definition) is 8. The van der Waals surface area contributed by atoms with Crippen molar-refractivity contribution in [2.75, 3.05) is 25.1 Å². The third-order valence-corrected chi connectivity index (χ3v) is 4.85. The molecule has 1 amide bonds. The minimum atomic E-state index is -0.221. The fourth-order valence-corrected chi connectivity index (χ4v) is 3.21. The van der Waals surface area contributed by atoms with Gasteiger partial charge in [0.2, 0.25) is 0 Å². The number of carbonyl (C=O) groups is 1. The molecule has 0 unspecified atom stereocenters. The second kappa shape index (κ2) is 8.27.